The van der Waals surface area contributed by atoms with Crippen molar-refractivity contribution in [3.05, 3.63) is 11.9 Å². The molecule has 0 aliphatic heterocycles. The van der Waals surface area contributed by atoms with Gasteiger partial charge in [0.15, 0.2) is 0 Å². The molecule has 0 fully saturated rings. The zero-order valence-electron chi connectivity index (χ0n) is 13.3. The molecule has 1 aromatic rings. The second-order valence-corrected chi connectivity index (χ2v) is 5.28. The van der Waals surface area contributed by atoms with E-state index in [0.29, 0.717) is 12.7 Å². The predicted octanol–water partition coefficient (Wildman–Crippen LogP) is 2.76. The Morgan fingerprint density at radius 1 is 1.30 bits per heavy atom. The molecule has 0 aromatic carbocycles. The van der Waals surface area contributed by atoms with Crippen LogP contribution in [0, 0.1) is 0 Å². The van der Waals surface area contributed by atoms with E-state index in [1.807, 2.05) is 10.9 Å². The summed E-state index contributed by atoms with van der Waals surface area (Å²) < 4.78 is 7.67. The third-order valence-corrected chi connectivity index (χ3v) is 3.33. The number of hydrogen-bond donors (Lipinski definition) is 1. The van der Waals surface area contributed by atoms with Gasteiger partial charge in [-0.15, -0.1) is 5.10 Å². The number of nitrogens with one attached hydrogen (secondary N) is 1. The highest BCUT2D eigenvalue weighted by Crippen LogP contribution is 2.07. The summed E-state index contributed by atoms with van der Waals surface area (Å²) in [7, 11) is 0. The van der Waals surface area contributed by atoms with Crippen molar-refractivity contribution in [2.75, 3.05) is 13.2 Å². The molecule has 1 unspecified atom stereocenters. The Balaban J connectivity index is 2.09. The van der Waals surface area contributed by atoms with Gasteiger partial charge in [0, 0.05) is 12.7 Å². The second kappa shape index (κ2) is 10.8. The van der Waals surface area contributed by atoms with Crippen LogP contribution < -0.4 is 5.32 Å². The molecule has 0 amide bonds. The van der Waals surface area contributed by atoms with Crippen molar-refractivity contribution in [3.63, 3.8) is 0 Å². The van der Waals surface area contributed by atoms with Gasteiger partial charge < -0.3 is 10.1 Å². The highest BCUT2D eigenvalue weighted by atomic mass is 16.5. The summed E-state index contributed by atoms with van der Waals surface area (Å²) in [4.78, 5) is 0. The van der Waals surface area contributed by atoms with Crippen LogP contribution in [0.4, 0.5) is 0 Å². The van der Waals surface area contributed by atoms with Crippen molar-refractivity contribution in [2.24, 2.45) is 0 Å². The van der Waals surface area contributed by atoms with E-state index in [9.17, 15) is 0 Å². The molecule has 0 radical (unpaired) electrons. The number of hydrogen-bond acceptors (Lipinski definition) is 4. The van der Waals surface area contributed by atoms with Gasteiger partial charge in [-0.25, -0.2) is 4.68 Å². The van der Waals surface area contributed by atoms with E-state index in [2.05, 4.69) is 36.4 Å². The van der Waals surface area contributed by atoms with E-state index < -0.39 is 0 Å². The minimum atomic E-state index is 0.344. The second-order valence-electron chi connectivity index (χ2n) is 5.28. The van der Waals surface area contributed by atoms with Crippen molar-refractivity contribution < 1.29 is 4.74 Å². The van der Waals surface area contributed by atoms with E-state index >= 15 is 0 Å². The maximum atomic E-state index is 5.81. The fourth-order valence-corrected chi connectivity index (χ4v) is 2.07. The Morgan fingerprint density at radius 2 is 2.15 bits per heavy atom. The summed E-state index contributed by atoms with van der Waals surface area (Å²) in [5.74, 6) is 0. The molecule has 1 rings (SSSR count). The molecule has 5 nitrogen and oxygen atoms in total. The topological polar surface area (TPSA) is 52.0 Å². The van der Waals surface area contributed by atoms with Crippen molar-refractivity contribution in [2.45, 2.75) is 72.1 Å². The average molecular weight is 282 g/mol. The van der Waals surface area contributed by atoms with Crippen LogP contribution in [0.1, 0.15) is 58.6 Å². The van der Waals surface area contributed by atoms with Gasteiger partial charge in [-0.3, -0.25) is 0 Å². The summed E-state index contributed by atoms with van der Waals surface area (Å²) in [6.45, 7) is 9.69. The van der Waals surface area contributed by atoms with Crippen molar-refractivity contribution in [1.82, 2.24) is 20.3 Å². The maximum Gasteiger partial charge on any atom is 0.0964 e. The number of ether oxygens (including phenoxy) is 1. The molecule has 0 bridgehead atoms. The molecule has 0 aliphatic rings. The van der Waals surface area contributed by atoms with Crippen LogP contribution in [0.15, 0.2) is 6.20 Å². The maximum absolute atomic E-state index is 5.81. The molecular weight excluding hydrogens is 252 g/mol. The zero-order chi connectivity index (χ0) is 14.6. The number of aromatic nitrogens is 3. The molecule has 0 aliphatic carbocycles. The summed E-state index contributed by atoms with van der Waals surface area (Å²) in [6, 6.07) is 0. The molecule has 1 heterocycles. The fourth-order valence-electron chi connectivity index (χ4n) is 2.07. The molecule has 20 heavy (non-hydrogen) atoms. The number of rotatable bonds is 12. The van der Waals surface area contributed by atoms with Crippen molar-refractivity contribution in [3.8, 4) is 0 Å². The highest BCUT2D eigenvalue weighted by Gasteiger charge is 2.03. The first-order valence-corrected chi connectivity index (χ1v) is 7.97. The number of unbranched alkanes of at least 4 members (excludes halogenated alkanes) is 3. The van der Waals surface area contributed by atoms with E-state index in [-0.39, 0.29) is 0 Å². The third-order valence-electron chi connectivity index (χ3n) is 3.33. The minimum absolute atomic E-state index is 0.344. The van der Waals surface area contributed by atoms with Crippen LogP contribution in [-0.4, -0.2) is 34.2 Å². The smallest absolute Gasteiger partial charge is 0.0964 e. The Bertz CT molecular complexity index is 340. The first-order valence-electron chi connectivity index (χ1n) is 7.97. The Morgan fingerprint density at radius 3 is 2.90 bits per heavy atom. The van der Waals surface area contributed by atoms with Gasteiger partial charge in [-0.1, -0.05) is 44.7 Å². The van der Waals surface area contributed by atoms with Crippen molar-refractivity contribution >= 4 is 0 Å². The predicted molar refractivity (Wildman–Crippen MR) is 81.6 cm³/mol. The van der Waals surface area contributed by atoms with Gasteiger partial charge in [0.25, 0.3) is 0 Å². The van der Waals surface area contributed by atoms with E-state index in [1.165, 1.54) is 25.7 Å². The SMILES string of the molecule is CCCCCCC(C)OCCn1cc(CNCC)nn1. The molecule has 5 heteroatoms. The van der Waals surface area contributed by atoms with Gasteiger partial charge >= 0.3 is 0 Å². The largest absolute Gasteiger partial charge is 0.377 e. The lowest BCUT2D eigenvalue weighted by atomic mass is 10.1. The van der Waals surface area contributed by atoms with Crippen LogP contribution in [0.3, 0.4) is 0 Å². The standard InChI is InChI=1S/C15H30N4O/c1-4-6-7-8-9-14(3)20-11-10-19-13-15(17-18-19)12-16-5-2/h13-14,16H,4-12H2,1-3H3. The fraction of sp³-hybridized carbons (Fsp3) is 0.867. The molecule has 0 saturated heterocycles. The lowest BCUT2D eigenvalue weighted by molar-refractivity contribution is 0.0513. The van der Waals surface area contributed by atoms with Crippen molar-refractivity contribution in [1.29, 1.82) is 0 Å². The summed E-state index contributed by atoms with van der Waals surface area (Å²) in [5, 5.41) is 11.5. The molecular formula is C15H30N4O. The molecule has 0 spiro atoms. The average Bonchev–Trinajstić information content (AvgIpc) is 2.89. The quantitative estimate of drug-likeness (QED) is 0.599. The molecule has 116 valence electrons. The van der Waals surface area contributed by atoms with Crippen LogP contribution in [0.2, 0.25) is 0 Å². The van der Waals surface area contributed by atoms with Crippen LogP contribution in [0.25, 0.3) is 0 Å². The minimum Gasteiger partial charge on any atom is -0.377 e. The lowest BCUT2D eigenvalue weighted by Crippen LogP contribution is -2.14. The van der Waals surface area contributed by atoms with Gasteiger partial charge in [-0.05, 0) is 19.9 Å². The summed E-state index contributed by atoms with van der Waals surface area (Å²) in [6.07, 6.45) is 8.70. The molecule has 1 atom stereocenters. The van der Waals surface area contributed by atoms with E-state index in [0.717, 1.165) is 31.7 Å². The molecule has 1 N–H and O–H groups in total. The Labute approximate surface area is 123 Å². The van der Waals surface area contributed by atoms with Gasteiger partial charge in [0.2, 0.25) is 0 Å². The molecule has 0 saturated carbocycles. The Kier molecular flexibility index (Phi) is 9.24. The summed E-state index contributed by atoms with van der Waals surface area (Å²) >= 11 is 0. The monoisotopic (exact) mass is 282 g/mol. The first kappa shape index (κ1) is 17.1. The lowest BCUT2D eigenvalue weighted by Gasteiger charge is -2.12. The first-order chi connectivity index (χ1) is 9.76. The van der Waals surface area contributed by atoms with Crippen LogP contribution in [0.5, 0.6) is 0 Å². The van der Waals surface area contributed by atoms with E-state index in [4.69, 9.17) is 4.74 Å². The van der Waals surface area contributed by atoms with Gasteiger partial charge in [0.05, 0.1) is 24.9 Å². The Hall–Kier alpha value is -0.940. The van der Waals surface area contributed by atoms with Crippen LogP contribution >= 0.6 is 0 Å². The highest BCUT2D eigenvalue weighted by molar-refractivity contribution is 4.91. The normalized spacial score (nSPS) is 12.8. The van der Waals surface area contributed by atoms with Gasteiger partial charge in [-0.2, -0.15) is 0 Å². The van der Waals surface area contributed by atoms with E-state index in [1.54, 1.807) is 0 Å². The summed E-state index contributed by atoms with van der Waals surface area (Å²) in [5.41, 5.74) is 0.986. The number of nitrogens with zero attached hydrogens (tertiary/aromatic N) is 3. The third kappa shape index (κ3) is 7.60. The van der Waals surface area contributed by atoms with Crippen LogP contribution in [-0.2, 0) is 17.8 Å². The molecule has 1 aromatic heterocycles. The van der Waals surface area contributed by atoms with Gasteiger partial charge in [0.1, 0.15) is 0 Å². The zero-order valence-corrected chi connectivity index (χ0v) is 13.3.